The van der Waals surface area contributed by atoms with E-state index < -0.39 is 0 Å². The number of hydrogen-bond donors (Lipinski definition) is 1. The Morgan fingerprint density at radius 2 is 1.95 bits per heavy atom. The molecular weight excluding hydrogens is 236 g/mol. The Balaban J connectivity index is 1.65. The minimum atomic E-state index is 0.725. The Labute approximate surface area is 116 Å². The molecule has 0 amide bonds. The normalized spacial score (nSPS) is 16.7. The largest absolute Gasteiger partial charge is 0.491 e. The summed E-state index contributed by atoms with van der Waals surface area (Å²) in [7, 11) is 2.24. The van der Waals surface area contributed by atoms with Crippen molar-refractivity contribution in [3.8, 4) is 5.75 Å². The minimum absolute atomic E-state index is 0.725. The lowest BCUT2D eigenvalue weighted by Crippen LogP contribution is -2.34. The lowest BCUT2D eigenvalue weighted by atomic mass is 9.94. The predicted octanol–water partition coefficient (Wildman–Crippen LogP) is 3.30. The zero-order valence-corrected chi connectivity index (χ0v) is 12.0. The van der Waals surface area contributed by atoms with Gasteiger partial charge in [0.2, 0.25) is 0 Å². The van der Waals surface area contributed by atoms with Gasteiger partial charge in [-0.05, 0) is 38.4 Å². The highest BCUT2D eigenvalue weighted by atomic mass is 16.5. The summed E-state index contributed by atoms with van der Waals surface area (Å²) in [5, 5.41) is 0. The Bertz CT molecular complexity index is 375. The van der Waals surface area contributed by atoms with Crippen molar-refractivity contribution in [3.63, 3.8) is 0 Å². The van der Waals surface area contributed by atoms with Crippen LogP contribution in [0.3, 0.4) is 0 Å². The molecule has 19 heavy (non-hydrogen) atoms. The van der Waals surface area contributed by atoms with Gasteiger partial charge in [0.05, 0.1) is 12.3 Å². The number of anilines is 1. The summed E-state index contributed by atoms with van der Waals surface area (Å²) in [5.74, 6) is 0.808. The minimum Gasteiger partial charge on any atom is -0.491 e. The fourth-order valence-corrected chi connectivity index (χ4v) is 2.81. The molecule has 3 heteroatoms. The first-order valence-corrected chi connectivity index (χ1v) is 7.45. The van der Waals surface area contributed by atoms with E-state index in [1.54, 1.807) is 0 Å². The molecule has 0 aromatic heterocycles. The molecule has 0 saturated heterocycles. The van der Waals surface area contributed by atoms with Gasteiger partial charge in [-0.25, -0.2) is 0 Å². The van der Waals surface area contributed by atoms with Gasteiger partial charge < -0.3 is 15.4 Å². The number of hydrogen-bond acceptors (Lipinski definition) is 3. The first-order valence-electron chi connectivity index (χ1n) is 7.45. The average Bonchev–Trinajstić information content (AvgIpc) is 2.46. The molecule has 1 aliphatic rings. The van der Waals surface area contributed by atoms with Crippen molar-refractivity contribution in [1.82, 2.24) is 4.90 Å². The lowest BCUT2D eigenvalue weighted by Gasteiger charge is -2.31. The van der Waals surface area contributed by atoms with Crippen LogP contribution in [0.2, 0.25) is 0 Å². The molecule has 0 bridgehead atoms. The number of nitrogens with two attached hydrogens (primary N) is 1. The van der Waals surface area contributed by atoms with Crippen LogP contribution in [0.4, 0.5) is 5.69 Å². The van der Waals surface area contributed by atoms with Crippen LogP contribution in [0.25, 0.3) is 0 Å². The van der Waals surface area contributed by atoms with Gasteiger partial charge in [0.15, 0.2) is 0 Å². The first-order chi connectivity index (χ1) is 9.27. The van der Waals surface area contributed by atoms with Gasteiger partial charge in [-0.15, -0.1) is 0 Å². The van der Waals surface area contributed by atoms with Crippen LogP contribution >= 0.6 is 0 Å². The molecule has 0 atom stereocenters. The molecule has 0 heterocycles. The Morgan fingerprint density at radius 1 is 1.21 bits per heavy atom. The maximum Gasteiger partial charge on any atom is 0.142 e. The summed E-state index contributed by atoms with van der Waals surface area (Å²) >= 11 is 0. The highest BCUT2D eigenvalue weighted by Crippen LogP contribution is 2.22. The van der Waals surface area contributed by atoms with Crippen LogP contribution < -0.4 is 10.5 Å². The number of nitrogen functional groups attached to an aromatic ring is 1. The molecule has 0 spiro atoms. The zero-order chi connectivity index (χ0) is 13.5. The molecule has 1 fully saturated rings. The second-order valence-electron chi connectivity index (χ2n) is 5.51. The van der Waals surface area contributed by atoms with Gasteiger partial charge in [-0.1, -0.05) is 31.4 Å². The molecule has 1 aliphatic carbocycles. The summed E-state index contributed by atoms with van der Waals surface area (Å²) < 4.78 is 5.72. The molecule has 0 aliphatic heterocycles. The highest BCUT2D eigenvalue weighted by molar-refractivity contribution is 5.51. The first kappa shape index (κ1) is 14.2. The smallest absolute Gasteiger partial charge is 0.142 e. The third kappa shape index (κ3) is 4.43. The van der Waals surface area contributed by atoms with Crippen LogP contribution in [-0.2, 0) is 0 Å². The third-order valence-electron chi connectivity index (χ3n) is 4.03. The maximum atomic E-state index is 5.84. The van der Waals surface area contributed by atoms with Crippen LogP contribution in [0, 0.1) is 0 Å². The monoisotopic (exact) mass is 262 g/mol. The van der Waals surface area contributed by atoms with Crippen molar-refractivity contribution >= 4 is 5.69 Å². The average molecular weight is 262 g/mol. The molecule has 0 radical (unpaired) electrons. The SMILES string of the molecule is CN(CCCOc1ccccc1N)C1CCCCC1. The maximum absolute atomic E-state index is 5.84. The summed E-state index contributed by atoms with van der Waals surface area (Å²) in [6, 6.07) is 8.48. The molecule has 2 rings (SSSR count). The molecular formula is C16H26N2O. The van der Waals surface area contributed by atoms with E-state index in [0.29, 0.717) is 0 Å². The summed E-state index contributed by atoms with van der Waals surface area (Å²) in [6.45, 7) is 1.85. The Morgan fingerprint density at radius 3 is 2.68 bits per heavy atom. The van der Waals surface area contributed by atoms with Crippen molar-refractivity contribution in [2.24, 2.45) is 0 Å². The predicted molar refractivity (Wildman–Crippen MR) is 80.5 cm³/mol. The molecule has 2 N–H and O–H groups in total. The van der Waals surface area contributed by atoms with E-state index in [9.17, 15) is 0 Å². The fourth-order valence-electron chi connectivity index (χ4n) is 2.81. The Kier molecular flexibility index (Phi) is 5.52. The molecule has 3 nitrogen and oxygen atoms in total. The molecule has 106 valence electrons. The van der Waals surface area contributed by atoms with E-state index in [1.807, 2.05) is 24.3 Å². The number of para-hydroxylation sites is 2. The van der Waals surface area contributed by atoms with Crippen LogP contribution in [-0.4, -0.2) is 31.1 Å². The van der Waals surface area contributed by atoms with Crippen molar-refractivity contribution in [3.05, 3.63) is 24.3 Å². The van der Waals surface area contributed by atoms with Crippen LogP contribution in [0.15, 0.2) is 24.3 Å². The van der Waals surface area contributed by atoms with Gasteiger partial charge in [0.25, 0.3) is 0 Å². The van der Waals surface area contributed by atoms with Crippen molar-refractivity contribution in [2.45, 2.75) is 44.6 Å². The van der Waals surface area contributed by atoms with Gasteiger partial charge in [0, 0.05) is 12.6 Å². The quantitative estimate of drug-likeness (QED) is 0.631. The van der Waals surface area contributed by atoms with Gasteiger partial charge >= 0.3 is 0 Å². The standard InChI is InChI=1S/C16H26N2O/c1-18(14-8-3-2-4-9-14)12-7-13-19-16-11-6-5-10-15(16)17/h5-6,10-11,14H,2-4,7-9,12-13,17H2,1H3. The number of ether oxygens (including phenoxy) is 1. The molecule has 1 aromatic carbocycles. The van der Waals surface area contributed by atoms with Crippen LogP contribution in [0.1, 0.15) is 38.5 Å². The van der Waals surface area contributed by atoms with Gasteiger partial charge in [-0.3, -0.25) is 0 Å². The lowest BCUT2D eigenvalue weighted by molar-refractivity contribution is 0.177. The highest BCUT2D eigenvalue weighted by Gasteiger charge is 2.17. The van der Waals surface area contributed by atoms with E-state index in [1.165, 1.54) is 32.1 Å². The number of nitrogens with zero attached hydrogens (tertiary/aromatic N) is 1. The van der Waals surface area contributed by atoms with Crippen molar-refractivity contribution in [2.75, 3.05) is 25.9 Å². The second kappa shape index (κ2) is 7.39. The van der Waals surface area contributed by atoms with E-state index in [0.717, 1.165) is 37.1 Å². The molecule has 1 aromatic rings. The molecule has 1 saturated carbocycles. The third-order valence-corrected chi connectivity index (χ3v) is 4.03. The zero-order valence-electron chi connectivity index (χ0n) is 12.0. The van der Waals surface area contributed by atoms with Gasteiger partial charge in [-0.2, -0.15) is 0 Å². The van der Waals surface area contributed by atoms with Gasteiger partial charge in [0.1, 0.15) is 5.75 Å². The van der Waals surface area contributed by atoms with Crippen molar-refractivity contribution in [1.29, 1.82) is 0 Å². The number of benzene rings is 1. The van der Waals surface area contributed by atoms with E-state index in [-0.39, 0.29) is 0 Å². The van der Waals surface area contributed by atoms with E-state index >= 15 is 0 Å². The summed E-state index contributed by atoms with van der Waals surface area (Å²) in [4.78, 5) is 2.50. The number of rotatable bonds is 6. The summed E-state index contributed by atoms with van der Waals surface area (Å²) in [6.07, 6.45) is 7.99. The Hall–Kier alpha value is -1.22. The van der Waals surface area contributed by atoms with Crippen molar-refractivity contribution < 1.29 is 4.74 Å². The molecule has 0 unspecified atom stereocenters. The second-order valence-corrected chi connectivity index (χ2v) is 5.51. The van der Waals surface area contributed by atoms with E-state index in [2.05, 4.69) is 11.9 Å². The van der Waals surface area contributed by atoms with Crippen LogP contribution in [0.5, 0.6) is 5.75 Å². The topological polar surface area (TPSA) is 38.5 Å². The summed E-state index contributed by atoms with van der Waals surface area (Å²) in [5.41, 5.74) is 6.57. The van der Waals surface area contributed by atoms with E-state index in [4.69, 9.17) is 10.5 Å². The fraction of sp³-hybridized carbons (Fsp3) is 0.625.